The van der Waals surface area contributed by atoms with Gasteiger partial charge >= 0.3 is 0 Å². The molecule has 0 saturated carbocycles. The lowest BCUT2D eigenvalue weighted by molar-refractivity contribution is -0.137. The molecule has 164 valence electrons. The van der Waals surface area contributed by atoms with E-state index in [0.717, 1.165) is 64.2 Å². The van der Waals surface area contributed by atoms with E-state index < -0.39 is 0 Å². The van der Waals surface area contributed by atoms with Crippen molar-refractivity contribution in [3.05, 3.63) is 36.0 Å². The van der Waals surface area contributed by atoms with Crippen molar-refractivity contribution in [2.45, 2.75) is 45.2 Å². The third-order valence-electron chi connectivity index (χ3n) is 6.23. The van der Waals surface area contributed by atoms with Gasteiger partial charge in [-0.25, -0.2) is 4.98 Å². The first-order chi connectivity index (χ1) is 15.2. The summed E-state index contributed by atoms with van der Waals surface area (Å²) in [6, 6.07) is 0.383. The lowest BCUT2D eigenvalue weighted by Crippen LogP contribution is -2.46. The molecular formula is C23H31N7O. The first-order valence-corrected chi connectivity index (χ1v) is 11.1. The second-order valence-electron chi connectivity index (χ2n) is 8.31. The molecule has 2 aliphatic rings. The Morgan fingerprint density at radius 2 is 1.90 bits per heavy atom. The Morgan fingerprint density at radius 1 is 1.13 bits per heavy atom. The average Bonchev–Trinajstić information content (AvgIpc) is 3.28. The third kappa shape index (κ3) is 5.05. The summed E-state index contributed by atoms with van der Waals surface area (Å²) in [5, 5.41) is 7.68. The van der Waals surface area contributed by atoms with Crippen LogP contribution in [0.3, 0.4) is 0 Å². The molecule has 4 heterocycles. The number of amides is 1. The Morgan fingerprint density at radius 3 is 2.61 bits per heavy atom. The average molecular weight is 422 g/mol. The summed E-state index contributed by atoms with van der Waals surface area (Å²) in [5.41, 5.74) is 1.89. The highest BCUT2D eigenvalue weighted by Gasteiger charge is 2.31. The van der Waals surface area contributed by atoms with Crippen LogP contribution in [0.1, 0.15) is 49.9 Å². The molecule has 2 saturated heterocycles. The lowest BCUT2D eigenvalue weighted by atomic mass is 9.94. The lowest BCUT2D eigenvalue weighted by Gasteiger charge is -2.37. The zero-order valence-electron chi connectivity index (χ0n) is 18.4. The number of anilines is 1. The molecule has 0 radical (unpaired) electrons. The molecule has 8 heteroatoms. The Kier molecular flexibility index (Phi) is 6.82. The van der Waals surface area contributed by atoms with E-state index in [9.17, 15) is 4.79 Å². The third-order valence-corrected chi connectivity index (χ3v) is 6.23. The Labute approximate surface area is 184 Å². The van der Waals surface area contributed by atoms with Crippen molar-refractivity contribution >= 4 is 11.7 Å². The molecule has 8 nitrogen and oxygen atoms in total. The molecule has 0 unspecified atom stereocenters. The van der Waals surface area contributed by atoms with Crippen LogP contribution in [-0.2, 0) is 11.3 Å². The molecule has 0 aromatic carbocycles. The van der Waals surface area contributed by atoms with Crippen LogP contribution >= 0.6 is 0 Å². The number of piperidine rings is 2. The summed E-state index contributed by atoms with van der Waals surface area (Å²) in [5.74, 6) is 7.09. The molecule has 1 N–H and O–H groups in total. The van der Waals surface area contributed by atoms with Crippen molar-refractivity contribution in [3.8, 4) is 11.8 Å². The first kappa shape index (κ1) is 21.3. The largest absolute Gasteiger partial charge is 0.355 e. The van der Waals surface area contributed by atoms with Crippen LogP contribution in [0.5, 0.6) is 0 Å². The summed E-state index contributed by atoms with van der Waals surface area (Å²) in [6.45, 7) is 5.91. The normalized spacial score (nSPS) is 18.0. The molecule has 2 aromatic heterocycles. The van der Waals surface area contributed by atoms with Gasteiger partial charge in [0.15, 0.2) is 0 Å². The molecule has 2 aromatic rings. The highest BCUT2D eigenvalue weighted by atomic mass is 16.2. The number of aromatic nitrogens is 4. The number of likely N-dealkylation sites (tertiary alicyclic amines) is 1. The number of hydrogen-bond acceptors (Lipinski definition) is 6. The van der Waals surface area contributed by atoms with Gasteiger partial charge in [0.2, 0.25) is 5.91 Å². The van der Waals surface area contributed by atoms with E-state index in [1.807, 2.05) is 13.2 Å². The molecule has 4 rings (SSSR count). The van der Waals surface area contributed by atoms with Gasteiger partial charge < -0.3 is 15.1 Å². The number of nitrogens with zero attached hydrogens (tertiary/aromatic N) is 6. The van der Waals surface area contributed by atoms with E-state index in [-0.39, 0.29) is 5.92 Å². The van der Waals surface area contributed by atoms with E-state index in [2.05, 4.69) is 52.9 Å². The summed E-state index contributed by atoms with van der Waals surface area (Å²) in [4.78, 5) is 26.2. The van der Waals surface area contributed by atoms with Gasteiger partial charge in [-0.15, -0.1) is 0 Å². The van der Waals surface area contributed by atoms with Gasteiger partial charge in [0.1, 0.15) is 11.5 Å². The standard InChI is InChI=1S/C23H31N7O/c1-3-4-20-15-25-16-22(27-20)28-9-5-19(6-10-28)23(31)29-11-7-21(8-12-29)30-17-18(13-24-2)14-26-30/h14-17,19,21,24H,5-13H2,1-2H3. The Balaban J connectivity index is 1.27. The molecule has 0 aliphatic carbocycles. The Bertz CT molecular complexity index is 944. The minimum Gasteiger partial charge on any atom is -0.355 e. The van der Waals surface area contributed by atoms with Crippen molar-refractivity contribution < 1.29 is 4.79 Å². The molecule has 31 heavy (non-hydrogen) atoms. The van der Waals surface area contributed by atoms with Crippen LogP contribution in [-0.4, -0.2) is 63.8 Å². The minimum atomic E-state index is 0.103. The minimum absolute atomic E-state index is 0.103. The SMILES string of the molecule is CC#Cc1cncc(N2CCC(C(=O)N3CCC(n4cc(CNC)cn4)CC3)CC2)n1. The predicted molar refractivity (Wildman–Crippen MR) is 119 cm³/mol. The highest BCUT2D eigenvalue weighted by Crippen LogP contribution is 2.27. The smallest absolute Gasteiger partial charge is 0.225 e. The molecular weight excluding hydrogens is 390 g/mol. The van der Waals surface area contributed by atoms with Crippen molar-refractivity contribution in [3.63, 3.8) is 0 Å². The number of nitrogens with one attached hydrogen (secondary N) is 1. The fourth-order valence-electron chi connectivity index (χ4n) is 4.53. The summed E-state index contributed by atoms with van der Waals surface area (Å²) in [6.07, 6.45) is 11.2. The maximum Gasteiger partial charge on any atom is 0.225 e. The zero-order chi connectivity index (χ0) is 21.6. The van der Waals surface area contributed by atoms with Crippen molar-refractivity contribution in [1.29, 1.82) is 0 Å². The second kappa shape index (κ2) is 9.92. The Hall–Kier alpha value is -2.92. The van der Waals surface area contributed by atoms with Crippen LogP contribution in [0.2, 0.25) is 0 Å². The molecule has 0 atom stereocenters. The van der Waals surface area contributed by atoms with Gasteiger partial charge in [0.25, 0.3) is 0 Å². The van der Waals surface area contributed by atoms with Gasteiger partial charge in [0.05, 0.1) is 24.6 Å². The number of carbonyl (C=O) groups excluding carboxylic acids is 1. The fourth-order valence-corrected chi connectivity index (χ4v) is 4.53. The van der Waals surface area contributed by atoms with Crippen LogP contribution in [0, 0.1) is 17.8 Å². The summed E-state index contributed by atoms with van der Waals surface area (Å²) >= 11 is 0. The van der Waals surface area contributed by atoms with E-state index in [0.29, 0.717) is 17.6 Å². The molecule has 1 amide bonds. The fraction of sp³-hybridized carbons (Fsp3) is 0.565. The van der Waals surface area contributed by atoms with E-state index in [1.54, 1.807) is 19.3 Å². The van der Waals surface area contributed by atoms with E-state index in [1.165, 1.54) is 5.56 Å². The van der Waals surface area contributed by atoms with E-state index >= 15 is 0 Å². The van der Waals surface area contributed by atoms with Crippen LogP contribution in [0.15, 0.2) is 24.8 Å². The zero-order valence-corrected chi connectivity index (χ0v) is 18.4. The number of carbonyl (C=O) groups is 1. The maximum absolute atomic E-state index is 13.1. The first-order valence-electron chi connectivity index (χ1n) is 11.1. The van der Waals surface area contributed by atoms with Crippen molar-refractivity contribution in [2.75, 3.05) is 38.1 Å². The second-order valence-corrected chi connectivity index (χ2v) is 8.31. The van der Waals surface area contributed by atoms with Crippen molar-refractivity contribution in [2.24, 2.45) is 5.92 Å². The van der Waals surface area contributed by atoms with Crippen LogP contribution in [0.4, 0.5) is 5.82 Å². The van der Waals surface area contributed by atoms with E-state index in [4.69, 9.17) is 0 Å². The van der Waals surface area contributed by atoms with Gasteiger partial charge in [-0.3, -0.25) is 14.5 Å². The molecule has 0 spiro atoms. The molecule has 2 fully saturated rings. The summed E-state index contributed by atoms with van der Waals surface area (Å²) in [7, 11) is 1.94. The number of rotatable bonds is 5. The monoisotopic (exact) mass is 421 g/mol. The summed E-state index contributed by atoms with van der Waals surface area (Å²) < 4.78 is 2.07. The highest BCUT2D eigenvalue weighted by molar-refractivity contribution is 5.79. The van der Waals surface area contributed by atoms with Gasteiger partial charge in [-0.1, -0.05) is 5.92 Å². The van der Waals surface area contributed by atoms with Crippen LogP contribution < -0.4 is 10.2 Å². The maximum atomic E-state index is 13.1. The van der Waals surface area contributed by atoms with Crippen LogP contribution in [0.25, 0.3) is 0 Å². The molecule has 2 aliphatic heterocycles. The number of hydrogen-bond donors (Lipinski definition) is 1. The van der Waals surface area contributed by atoms with Gasteiger partial charge in [-0.05, 0) is 45.6 Å². The quantitative estimate of drug-likeness (QED) is 0.743. The topological polar surface area (TPSA) is 79.2 Å². The predicted octanol–water partition coefficient (Wildman–Crippen LogP) is 1.84. The van der Waals surface area contributed by atoms with Gasteiger partial charge in [0, 0.05) is 50.4 Å². The van der Waals surface area contributed by atoms with Crippen molar-refractivity contribution in [1.82, 2.24) is 30.0 Å². The molecule has 0 bridgehead atoms. The van der Waals surface area contributed by atoms with Gasteiger partial charge in [-0.2, -0.15) is 5.10 Å².